The molecule has 0 aliphatic heterocycles. The van der Waals surface area contributed by atoms with E-state index in [0.717, 1.165) is 24.9 Å². The maximum Gasteiger partial charge on any atom is 0.193 e. The smallest absolute Gasteiger partial charge is 0.193 e. The summed E-state index contributed by atoms with van der Waals surface area (Å²) in [4.78, 5) is 4.38. The normalized spacial score (nSPS) is 16.4. The van der Waals surface area contributed by atoms with Gasteiger partial charge in [0.15, 0.2) is 17.5 Å². The second-order valence-electron chi connectivity index (χ2n) is 6.77. The number of hydrogen-bond donors (Lipinski definition) is 2. The first-order valence-electron chi connectivity index (χ1n) is 9.69. The number of nitrogens with one attached hydrogen (secondary N) is 1. The Balaban J connectivity index is 1.44. The van der Waals surface area contributed by atoms with Gasteiger partial charge in [0.2, 0.25) is 0 Å². The van der Waals surface area contributed by atoms with Crippen molar-refractivity contribution in [1.29, 1.82) is 0 Å². The topological polar surface area (TPSA) is 78.1 Å². The van der Waals surface area contributed by atoms with Crippen LogP contribution in [-0.2, 0) is 11.2 Å². The first-order valence-corrected chi connectivity index (χ1v) is 9.69. The summed E-state index contributed by atoms with van der Waals surface area (Å²) in [5, 5.41) is 3.07. The largest absolute Gasteiger partial charge is 0.493 e. The monoisotopic (exact) mass is 383 g/mol. The highest BCUT2D eigenvalue weighted by molar-refractivity contribution is 5.92. The number of fused-ring (bicyclic) bond motifs is 1. The molecule has 0 radical (unpaired) electrons. The number of methoxy groups -OCH3 is 2. The number of rotatable bonds is 8. The fraction of sp³-hybridized carbons (Fsp3) is 0.409. The van der Waals surface area contributed by atoms with Gasteiger partial charge < -0.3 is 25.3 Å². The summed E-state index contributed by atoms with van der Waals surface area (Å²) in [5.41, 5.74) is 9.54. The Morgan fingerprint density at radius 1 is 1.14 bits per heavy atom. The highest BCUT2D eigenvalue weighted by Crippen LogP contribution is 2.32. The van der Waals surface area contributed by atoms with Gasteiger partial charge in [-0.1, -0.05) is 24.3 Å². The lowest BCUT2D eigenvalue weighted by Crippen LogP contribution is -2.23. The summed E-state index contributed by atoms with van der Waals surface area (Å²) in [7, 11) is 3.21. The highest BCUT2D eigenvalue weighted by Gasteiger charge is 2.19. The van der Waals surface area contributed by atoms with Crippen LogP contribution in [0.15, 0.2) is 47.5 Å². The van der Waals surface area contributed by atoms with E-state index >= 15 is 0 Å². The van der Waals surface area contributed by atoms with Crippen molar-refractivity contribution >= 4 is 11.6 Å². The standard InChI is InChI=1S/C22H29N3O3/c1-26-20-12-11-17(15-21(20)27-2)25-22(23)24-13-6-14-28-19-10-5-8-16-7-3-4-9-18(16)19/h3-4,7,9,11-12,15,19H,5-6,8,10,13-14H2,1-2H3,(H3,23,24,25). The van der Waals surface area contributed by atoms with Crippen LogP contribution in [0.2, 0.25) is 0 Å². The van der Waals surface area contributed by atoms with Crippen LogP contribution in [0.4, 0.5) is 5.69 Å². The van der Waals surface area contributed by atoms with Crippen molar-refractivity contribution in [3.8, 4) is 11.5 Å². The average molecular weight is 383 g/mol. The van der Waals surface area contributed by atoms with Crippen molar-refractivity contribution in [3.63, 3.8) is 0 Å². The summed E-state index contributed by atoms with van der Waals surface area (Å²) in [5.74, 6) is 1.68. The predicted octanol–water partition coefficient (Wildman–Crippen LogP) is 3.91. The van der Waals surface area contributed by atoms with Crippen molar-refractivity contribution in [2.75, 3.05) is 32.7 Å². The Morgan fingerprint density at radius 3 is 2.79 bits per heavy atom. The third-order valence-electron chi connectivity index (χ3n) is 4.87. The Labute approximate surface area is 166 Å². The van der Waals surface area contributed by atoms with E-state index in [0.29, 0.717) is 30.6 Å². The number of aliphatic imine (C=N–C) groups is 1. The molecule has 2 aromatic carbocycles. The number of guanidine groups is 1. The molecule has 1 aliphatic carbocycles. The van der Waals surface area contributed by atoms with Crippen LogP contribution in [0.5, 0.6) is 11.5 Å². The van der Waals surface area contributed by atoms with Crippen molar-refractivity contribution in [2.45, 2.75) is 31.8 Å². The molecule has 0 saturated heterocycles. The minimum absolute atomic E-state index is 0.205. The van der Waals surface area contributed by atoms with E-state index in [1.54, 1.807) is 14.2 Å². The highest BCUT2D eigenvalue weighted by atomic mass is 16.5. The predicted molar refractivity (Wildman–Crippen MR) is 112 cm³/mol. The van der Waals surface area contributed by atoms with Crippen LogP contribution in [0, 0.1) is 0 Å². The second-order valence-corrected chi connectivity index (χ2v) is 6.77. The molecule has 3 N–H and O–H groups in total. The van der Waals surface area contributed by atoms with Crippen LogP contribution >= 0.6 is 0 Å². The van der Waals surface area contributed by atoms with Gasteiger partial charge in [-0.15, -0.1) is 0 Å². The minimum atomic E-state index is 0.205. The Kier molecular flexibility index (Phi) is 7.14. The molecule has 1 aliphatic rings. The van der Waals surface area contributed by atoms with Gasteiger partial charge in [0.25, 0.3) is 0 Å². The summed E-state index contributed by atoms with van der Waals surface area (Å²) in [6.07, 6.45) is 4.45. The molecular weight excluding hydrogens is 354 g/mol. The number of anilines is 1. The molecule has 150 valence electrons. The lowest BCUT2D eigenvalue weighted by atomic mass is 9.89. The quantitative estimate of drug-likeness (QED) is 0.410. The molecule has 1 atom stereocenters. The first kappa shape index (κ1) is 20.0. The number of nitrogens with zero attached hydrogens (tertiary/aromatic N) is 1. The van der Waals surface area contributed by atoms with Gasteiger partial charge in [-0.05, 0) is 48.9 Å². The lowest BCUT2D eigenvalue weighted by Gasteiger charge is -2.25. The zero-order valence-electron chi connectivity index (χ0n) is 16.6. The van der Waals surface area contributed by atoms with Gasteiger partial charge in [-0.25, -0.2) is 0 Å². The maximum atomic E-state index is 6.10. The molecule has 0 saturated carbocycles. The van der Waals surface area contributed by atoms with Crippen molar-refractivity contribution < 1.29 is 14.2 Å². The summed E-state index contributed by atoms with van der Waals surface area (Å²) >= 11 is 0. The van der Waals surface area contributed by atoms with Gasteiger partial charge in [-0.3, -0.25) is 4.99 Å². The number of hydrogen-bond acceptors (Lipinski definition) is 4. The molecule has 0 amide bonds. The van der Waals surface area contributed by atoms with Crippen LogP contribution in [0.25, 0.3) is 0 Å². The number of benzene rings is 2. The van der Waals surface area contributed by atoms with Gasteiger partial charge in [-0.2, -0.15) is 0 Å². The minimum Gasteiger partial charge on any atom is -0.493 e. The number of aryl methyl sites for hydroxylation is 1. The first-order chi connectivity index (χ1) is 13.7. The summed E-state index contributed by atoms with van der Waals surface area (Å²) < 4.78 is 16.6. The van der Waals surface area contributed by atoms with Gasteiger partial charge in [0.05, 0.1) is 20.3 Å². The Bertz CT molecular complexity index is 807. The Morgan fingerprint density at radius 2 is 1.96 bits per heavy atom. The van der Waals surface area contributed by atoms with Gasteiger partial charge in [0, 0.05) is 24.9 Å². The molecular formula is C22H29N3O3. The molecule has 28 heavy (non-hydrogen) atoms. The molecule has 6 heteroatoms. The van der Waals surface area contributed by atoms with Crippen molar-refractivity contribution in [2.24, 2.45) is 10.7 Å². The van der Waals surface area contributed by atoms with Crippen LogP contribution in [-0.4, -0.2) is 33.3 Å². The molecule has 6 nitrogen and oxygen atoms in total. The van der Waals surface area contributed by atoms with Crippen molar-refractivity contribution in [1.82, 2.24) is 0 Å². The van der Waals surface area contributed by atoms with Crippen molar-refractivity contribution in [3.05, 3.63) is 53.6 Å². The number of ether oxygens (including phenoxy) is 3. The average Bonchev–Trinajstić information content (AvgIpc) is 2.73. The van der Waals surface area contributed by atoms with Gasteiger partial charge in [0.1, 0.15) is 0 Å². The third kappa shape index (κ3) is 5.16. The maximum absolute atomic E-state index is 6.10. The zero-order chi connectivity index (χ0) is 19.8. The van der Waals surface area contributed by atoms with E-state index in [-0.39, 0.29) is 6.10 Å². The SMILES string of the molecule is COc1ccc(NC(N)=NCCCOC2CCCc3ccccc32)cc1OC. The fourth-order valence-electron chi connectivity index (χ4n) is 3.47. The van der Waals surface area contributed by atoms with Crippen LogP contribution < -0.4 is 20.5 Å². The van der Waals surface area contributed by atoms with E-state index in [9.17, 15) is 0 Å². The van der Waals surface area contributed by atoms with Gasteiger partial charge >= 0.3 is 0 Å². The molecule has 0 aromatic heterocycles. The third-order valence-corrected chi connectivity index (χ3v) is 4.87. The Hall–Kier alpha value is -2.73. The molecule has 2 aromatic rings. The molecule has 0 fully saturated rings. The summed E-state index contributed by atoms with van der Waals surface area (Å²) in [6, 6.07) is 14.1. The molecule has 1 unspecified atom stereocenters. The molecule has 0 heterocycles. The van der Waals surface area contributed by atoms with E-state index in [1.807, 2.05) is 18.2 Å². The zero-order valence-corrected chi connectivity index (χ0v) is 16.6. The molecule has 3 rings (SSSR count). The molecule has 0 bridgehead atoms. The van der Waals surface area contributed by atoms with Crippen LogP contribution in [0.3, 0.4) is 0 Å². The summed E-state index contributed by atoms with van der Waals surface area (Å²) in [6.45, 7) is 1.28. The van der Waals surface area contributed by atoms with E-state index in [4.69, 9.17) is 19.9 Å². The second kappa shape index (κ2) is 9.99. The van der Waals surface area contributed by atoms with E-state index in [1.165, 1.54) is 17.5 Å². The van der Waals surface area contributed by atoms with E-state index in [2.05, 4.69) is 34.6 Å². The number of nitrogens with two attached hydrogens (primary N) is 1. The lowest BCUT2D eigenvalue weighted by molar-refractivity contribution is 0.0403. The van der Waals surface area contributed by atoms with Crippen LogP contribution in [0.1, 0.15) is 36.5 Å². The van der Waals surface area contributed by atoms with E-state index < -0.39 is 0 Å². The fourth-order valence-corrected chi connectivity index (χ4v) is 3.47. The molecule has 0 spiro atoms.